The minimum atomic E-state index is 0.592. The van der Waals surface area contributed by atoms with Crippen LogP contribution in [0.25, 0.3) is 44.2 Å². The summed E-state index contributed by atoms with van der Waals surface area (Å²) in [6, 6.07) is 30.4. The van der Waals surface area contributed by atoms with Crippen LogP contribution in [-0.2, 0) is 0 Å². The van der Waals surface area contributed by atoms with Crippen molar-refractivity contribution in [3.63, 3.8) is 0 Å². The van der Waals surface area contributed by atoms with Gasteiger partial charge in [-0.15, -0.1) is 0 Å². The van der Waals surface area contributed by atoms with Gasteiger partial charge in [0.1, 0.15) is 16.9 Å². The molecule has 0 unspecified atom stereocenters. The SMILES string of the molecule is O[B]Oc1cccc(-c2cccc(-c3ccc4c(c3)oc3ccccc34)c2)c1. The average Bonchev–Trinajstić information content (AvgIpc) is 3.12. The van der Waals surface area contributed by atoms with Gasteiger partial charge in [0, 0.05) is 10.8 Å². The summed E-state index contributed by atoms with van der Waals surface area (Å²) in [5.41, 5.74) is 6.10. The monoisotopic (exact) mass is 363 g/mol. The van der Waals surface area contributed by atoms with Crippen LogP contribution in [0.4, 0.5) is 0 Å². The topological polar surface area (TPSA) is 42.6 Å². The van der Waals surface area contributed by atoms with E-state index in [0.29, 0.717) is 13.4 Å². The molecule has 3 nitrogen and oxygen atoms in total. The van der Waals surface area contributed by atoms with Crippen molar-refractivity contribution in [2.24, 2.45) is 0 Å². The number of para-hydroxylation sites is 1. The zero-order chi connectivity index (χ0) is 18.9. The van der Waals surface area contributed by atoms with Gasteiger partial charge < -0.3 is 14.1 Å². The summed E-state index contributed by atoms with van der Waals surface area (Å²) in [5.74, 6) is 0.592. The minimum absolute atomic E-state index is 0.592. The van der Waals surface area contributed by atoms with E-state index in [1.54, 1.807) is 6.07 Å². The molecule has 5 rings (SSSR count). The molecule has 0 bridgehead atoms. The molecular formula is C24H16BO3. The van der Waals surface area contributed by atoms with Crippen molar-refractivity contribution in [1.82, 2.24) is 0 Å². The Morgan fingerprint density at radius 3 is 2.11 bits per heavy atom. The van der Waals surface area contributed by atoms with Crippen molar-refractivity contribution in [2.75, 3.05) is 0 Å². The first-order valence-corrected chi connectivity index (χ1v) is 9.06. The Balaban J connectivity index is 1.57. The Labute approximate surface area is 163 Å². The summed E-state index contributed by atoms with van der Waals surface area (Å²) in [7, 11) is 0.693. The molecule has 0 saturated heterocycles. The molecule has 28 heavy (non-hydrogen) atoms. The van der Waals surface area contributed by atoms with Crippen LogP contribution in [-0.4, -0.2) is 12.7 Å². The lowest BCUT2D eigenvalue weighted by Crippen LogP contribution is -1.99. The van der Waals surface area contributed by atoms with Crippen LogP contribution in [0.2, 0.25) is 0 Å². The number of hydrogen-bond acceptors (Lipinski definition) is 3. The summed E-state index contributed by atoms with van der Waals surface area (Å²) in [6.45, 7) is 0. The van der Waals surface area contributed by atoms with Crippen molar-refractivity contribution >= 4 is 29.6 Å². The lowest BCUT2D eigenvalue weighted by atomic mass is 9.98. The molecule has 4 aromatic carbocycles. The molecule has 1 aromatic heterocycles. The van der Waals surface area contributed by atoms with Crippen LogP contribution in [0.15, 0.2) is 95.4 Å². The highest BCUT2D eigenvalue weighted by Gasteiger charge is 2.09. The van der Waals surface area contributed by atoms with Crippen LogP contribution >= 0.6 is 0 Å². The van der Waals surface area contributed by atoms with Crippen LogP contribution in [0.1, 0.15) is 0 Å². The largest absolute Gasteiger partial charge is 0.569 e. The lowest BCUT2D eigenvalue weighted by Gasteiger charge is -2.08. The van der Waals surface area contributed by atoms with Gasteiger partial charge >= 0.3 is 7.69 Å². The molecule has 0 aliphatic heterocycles. The lowest BCUT2D eigenvalue weighted by molar-refractivity contribution is 0.454. The standard InChI is InChI=1S/C24H16BO3/c26-25-28-20-8-4-7-18(14-20)16-5-3-6-17(13-16)19-11-12-22-21-9-1-2-10-23(21)27-24(22)15-19/h1-15,26H. The van der Waals surface area contributed by atoms with E-state index in [0.717, 1.165) is 44.2 Å². The first-order chi connectivity index (χ1) is 13.8. The predicted molar refractivity (Wildman–Crippen MR) is 113 cm³/mol. The number of benzene rings is 4. The third-order valence-corrected chi connectivity index (χ3v) is 4.93. The average molecular weight is 363 g/mol. The molecule has 4 heteroatoms. The summed E-state index contributed by atoms with van der Waals surface area (Å²) in [4.78, 5) is 0. The van der Waals surface area contributed by atoms with Gasteiger partial charge in [0.05, 0.1) is 0 Å². The zero-order valence-corrected chi connectivity index (χ0v) is 15.0. The van der Waals surface area contributed by atoms with Crippen LogP contribution in [0.3, 0.4) is 0 Å². The molecule has 0 saturated carbocycles. The van der Waals surface area contributed by atoms with E-state index < -0.39 is 0 Å². The fourth-order valence-electron chi connectivity index (χ4n) is 3.59. The molecule has 0 fully saturated rings. The van der Waals surface area contributed by atoms with E-state index in [-0.39, 0.29) is 0 Å². The van der Waals surface area contributed by atoms with Gasteiger partial charge in [-0.25, -0.2) is 0 Å². The van der Waals surface area contributed by atoms with Crippen molar-refractivity contribution < 1.29 is 14.1 Å². The molecular weight excluding hydrogens is 347 g/mol. The Morgan fingerprint density at radius 1 is 0.607 bits per heavy atom. The fraction of sp³-hybridized carbons (Fsp3) is 0. The van der Waals surface area contributed by atoms with Gasteiger partial charge in [-0.3, -0.25) is 0 Å². The number of furan rings is 1. The summed E-state index contributed by atoms with van der Waals surface area (Å²) < 4.78 is 11.1. The minimum Gasteiger partial charge on any atom is -0.537 e. The van der Waals surface area contributed by atoms with Gasteiger partial charge in [0.25, 0.3) is 0 Å². The van der Waals surface area contributed by atoms with E-state index in [1.165, 1.54) is 0 Å². The maximum atomic E-state index is 8.86. The number of rotatable bonds is 4. The summed E-state index contributed by atoms with van der Waals surface area (Å²) in [6.07, 6.45) is 0. The third-order valence-electron chi connectivity index (χ3n) is 4.93. The van der Waals surface area contributed by atoms with Gasteiger partial charge in [0.2, 0.25) is 0 Å². The van der Waals surface area contributed by atoms with Crippen molar-refractivity contribution in [2.45, 2.75) is 0 Å². The molecule has 0 aliphatic rings. The van der Waals surface area contributed by atoms with Gasteiger partial charge in [-0.2, -0.15) is 0 Å². The summed E-state index contributed by atoms with van der Waals surface area (Å²) in [5, 5.41) is 11.1. The molecule has 0 spiro atoms. The Hall–Kier alpha value is -3.50. The smallest absolute Gasteiger partial charge is 0.537 e. The van der Waals surface area contributed by atoms with Crippen molar-refractivity contribution in [3.8, 4) is 28.0 Å². The zero-order valence-electron chi connectivity index (χ0n) is 15.0. The Morgan fingerprint density at radius 2 is 1.29 bits per heavy atom. The first-order valence-electron chi connectivity index (χ1n) is 9.06. The van der Waals surface area contributed by atoms with Gasteiger partial charge in [-0.05, 0) is 58.7 Å². The predicted octanol–water partition coefficient (Wildman–Crippen LogP) is 5.83. The number of fused-ring (bicyclic) bond motifs is 3. The van der Waals surface area contributed by atoms with Gasteiger partial charge in [-0.1, -0.05) is 54.6 Å². The van der Waals surface area contributed by atoms with E-state index in [1.807, 2.05) is 42.5 Å². The second kappa shape index (κ2) is 6.91. The quantitative estimate of drug-likeness (QED) is 0.409. The van der Waals surface area contributed by atoms with E-state index in [9.17, 15) is 0 Å². The van der Waals surface area contributed by atoms with Gasteiger partial charge in [0.15, 0.2) is 0 Å². The molecule has 1 N–H and O–H groups in total. The normalized spacial score (nSPS) is 11.0. The van der Waals surface area contributed by atoms with E-state index in [2.05, 4.69) is 42.5 Å². The highest BCUT2D eigenvalue weighted by molar-refractivity contribution is 6.17. The van der Waals surface area contributed by atoms with E-state index in [4.69, 9.17) is 14.1 Å². The molecule has 5 aromatic rings. The highest BCUT2D eigenvalue weighted by Crippen LogP contribution is 2.33. The van der Waals surface area contributed by atoms with Crippen LogP contribution in [0, 0.1) is 0 Å². The number of hydrogen-bond donors (Lipinski definition) is 1. The van der Waals surface area contributed by atoms with Crippen molar-refractivity contribution in [1.29, 1.82) is 0 Å². The highest BCUT2D eigenvalue weighted by atomic mass is 16.5. The maximum Gasteiger partial charge on any atom is 0.569 e. The Bertz CT molecular complexity index is 1290. The Kier molecular flexibility index (Phi) is 4.11. The molecule has 0 atom stereocenters. The second-order valence-corrected chi connectivity index (χ2v) is 6.64. The molecule has 133 valence electrons. The van der Waals surface area contributed by atoms with Crippen LogP contribution < -0.4 is 4.65 Å². The molecule has 0 amide bonds. The van der Waals surface area contributed by atoms with E-state index >= 15 is 0 Å². The van der Waals surface area contributed by atoms with Crippen LogP contribution in [0.5, 0.6) is 5.75 Å². The molecule has 0 aliphatic carbocycles. The maximum absolute atomic E-state index is 8.86. The molecule has 1 radical (unpaired) electrons. The fourth-order valence-corrected chi connectivity index (χ4v) is 3.59. The van der Waals surface area contributed by atoms with Crippen molar-refractivity contribution in [3.05, 3.63) is 91.0 Å². The first kappa shape index (κ1) is 16.7. The molecule has 1 heterocycles. The summed E-state index contributed by atoms with van der Waals surface area (Å²) >= 11 is 0. The second-order valence-electron chi connectivity index (χ2n) is 6.64. The third kappa shape index (κ3) is 2.94.